The fourth-order valence-electron chi connectivity index (χ4n) is 2.45. The molecule has 0 bridgehead atoms. The van der Waals surface area contributed by atoms with Crippen LogP contribution in [0.1, 0.15) is 64.7 Å². The van der Waals surface area contributed by atoms with Crippen molar-refractivity contribution < 1.29 is 19.7 Å². The van der Waals surface area contributed by atoms with Crippen LogP contribution in [0.5, 0.6) is 0 Å². The summed E-state index contributed by atoms with van der Waals surface area (Å²) in [6.07, 6.45) is 20.9. The second-order valence-corrected chi connectivity index (χ2v) is 6.26. The lowest BCUT2D eigenvalue weighted by Gasteiger charge is -2.00. The summed E-state index contributed by atoms with van der Waals surface area (Å²) in [6, 6.07) is 0. The van der Waals surface area contributed by atoms with E-state index in [1.807, 2.05) is 12.2 Å². The topological polar surface area (TPSA) is 70.1 Å². The minimum atomic E-state index is -1.25. The minimum absolute atomic E-state index is 0.263. The molecule has 2 N–H and O–H groups in total. The molecule has 0 aromatic heterocycles. The molecule has 1 rings (SSSR count). The number of hydrogen-bond donors (Lipinski definition) is 2. The highest BCUT2D eigenvalue weighted by atomic mass is 16.6. The maximum atomic E-state index is 10.4. The Morgan fingerprint density at radius 1 is 1.00 bits per heavy atom. The van der Waals surface area contributed by atoms with Gasteiger partial charge in [0.05, 0.1) is 12.2 Å². The van der Waals surface area contributed by atoms with Crippen molar-refractivity contribution in [2.75, 3.05) is 0 Å². The third-order valence-electron chi connectivity index (χ3n) is 4.06. The van der Waals surface area contributed by atoms with E-state index >= 15 is 0 Å². The number of epoxide rings is 1. The lowest BCUT2D eigenvalue weighted by Crippen LogP contribution is -2.18. The van der Waals surface area contributed by atoms with Crippen molar-refractivity contribution in [3.05, 3.63) is 36.5 Å². The Kier molecular flexibility index (Phi) is 11.2. The van der Waals surface area contributed by atoms with E-state index in [9.17, 15) is 4.79 Å². The summed E-state index contributed by atoms with van der Waals surface area (Å²) in [7, 11) is 0. The molecule has 1 aliphatic heterocycles. The monoisotopic (exact) mass is 336 g/mol. The molecule has 0 radical (unpaired) electrons. The van der Waals surface area contributed by atoms with Crippen LogP contribution in [-0.4, -0.2) is 34.5 Å². The Balaban J connectivity index is 1.96. The average molecular weight is 336 g/mol. The molecule has 1 saturated heterocycles. The molecule has 0 saturated carbocycles. The number of aliphatic hydroxyl groups excluding tert-OH is 1. The van der Waals surface area contributed by atoms with Gasteiger partial charge in [0.2, 0.25) is 0 Å². The fourth-order valence-corrected chi connectivity index (χ4v) is 2.45. The van der Waals surface area contributed by atoms with E-state index in [1.165, 1.54) is 25.7 Å². The predicted octanol–water partition coefficient (Wildman–Crippen LogP) is 4.40. The zero-order valence-electron chi connectivity index (χ0n) is 14.8. The summed E-state index contributed by atoms with van der Waals surface area (Å²) >= 11 is 0. The van der Waals surface area contributed by atoms with Gasteiger partial charge in [0, 0.05) is 0 Å². The number of carboxylic acids is 1. The molecular weight excluding hydrogens is 304 g/mol. The van der Waals surface area contributed by atoms with Gasteiger partial charge in [-0.3, -0.25) is 0 Å². The average Bonchev–Trinajstić information content (AvgIpc) is 3.31. The normalized spacial score (nSPS) is 21.9. The minimum Gasteiger partial charge on any atom is -0.479 e. The van der Waals surface area contributed by atoms with Crippen LogP contribution in [-0.2, 0) is 9.53 Å². The standard InChI is InChI=1S/C20H32O4/c1-2-3-4-5-9-12-15-18-19(24-18)16-13-10-7-6-8-11-14-17(21)20(22)23/h6,8-10,12-13,17-19,21H,2-5,7,11,14-16H2,1H3,(H,22,23). The van der Waals surface area contributed by atoms with Crippen LogP contribution in [0.3, 0.4) is 0 Å². The maximum absolute atomic E-state index is 10.4. The number of unbranched alkanes of at least 4 members (excludes halogenated alkanes) is 3. The summed E-state index contributed by atoms with van der Waals surface area (Å²) in [5, 5.41) is 17.6. The van der Waals surface area contributed by atoms with Crippen LogP contribution in [0.4, 0.5) is 0 Å². The highest BCUT2D eigenvalue weighted by molar-refractivity contribution is 5.71. The molecule has 3 atom stereocenters. The fraction of sp³-hybridized carbons (Fsp3) is 0.650. The number of aliphatic carboxylic acids is 1. The van der Waals surface area contributed by atoms with Gasteiger partial charge in [0.15, 0.2) is 6.10 Å². The Morgan fingerprint density at radius 3 is 2.29 bits per heavy atom. The molecule has 1 heterocycles. The molecule has 0 amide bonds. The number of aliphatic hydroxyl groups is 1. The van der Waals surface area contributed by atoms with Gasteiger partial charge in [-0.2, -0.15) is 0 Å². The molecule has 1 fully saturated rings. The second-order valence-electron chi connectivity index (χ2n) is 6.26. The largest absolute Gasteiger partial charge is 0.479 e. The summed E-state index contributed by atoms with van der Waals surface area (Å²) in [6.45, 7) is 2.22. The number of carbonyl (C=O) groups is 1. The highest BCUT2D eigenvalue weighted by Gasteiger charge is 2.35. The van der Waals surface area contributed by atoms with Gasteiger partial charge in [-0.05, 0) is 44.9 Å². The molecule has 24 heavy (non-hydrogen) atoms. The first kappa shape index (κ1) is 20.7. The number of rotatable bonds is 14. The molecule has 0 spiro atoms. The van der Waals surface area contributed by atoms with Gasteiger partial charge < -0.3 is 14.9 Å². The van der Waals surface area contributed by atoms with Crippen molar-refractivity contribution >= 4 is 5.97 Å². The van der Waals surface area contributed by atoms with E-state index in [0.717, 1.165) is 19.3 Å². The van der Waals surface area contributed by atoms with Gasteiger partial charge in [0.1, 0.15) is 0 Å². The highest BCUT2D eigenvalue weighted by Crippen LogP contribution is 2.29. The Morgan fingerprint density at radius 2 is 1.62 bits per heavy atom. The molecule has 136 valence electrons. The van der Waals surface area contributed by atoms with E-state index in [4.69, 9.17) is 14.9 Å². The molecule has 0 aromatic carbocycles. The summed E-state index contributed by atoms with van der Waals surface area (Å²) < 4.78 is 5.63. The van der Waals surface area contributed by atoms with Crippen LogP contribution in [0.15, 0.2) is 36.5 Å². The zero-order chi connectivity index (χ0) is 17.6. The summed E-state index contributed by atoms with van der Waals surface area (Å²) in [5.74, 6) is -1.15. The van der Waals surface area contributed by atoms with Crippen molar-refractivity contribution in [3.63, 3.8) is 0 Å². The predicted molar refractivity (Wildman–Crippen MR) is 97.0 cm³/mol. The Labute approximate surface area is 145 Å². The first-order valence-electron chi connectivity index (χ1n) is 9.16. The van der Waals surface area contributed by atoms with Crippen LogP contribution < -0.4 is 0 Å². The lowest BCUT2D eigenvalue weighted by molar-refractivity contribution is -0.146. The van der Waals surface area contributed by atoms with Gasteiger partial charge in [-0.15, -0.1) is 0 Å². The number of allylic oxidation sites excluding steroid dienone is 4. The molecule has 3 unspecified atom stereocenters. The third kappa shape index (κ3) is 10.4. The van der Waals surface area contributed by atoms with E-state index in [-0.39, 0.29) is 6.42 Å². The van der Waals surface area contributed by atoms with Crippen LogP contribution in [0.2, 0.25) is 0 Å². The van der Waals surface area contributed by atoms with E-state index in [2.05, 4.69) is 31.2 Å². The van der Waals surface area contributed by atoms with Crippen molar-refractivity contribution in [2.45, 2.75) is 83.0 Å². The molecule has 0 aliphatic carbocycles. The van der Waals surface area contributed by atoms with E-state index < -0.39 is 12.1 Å². The SMILES string of the molecule is CCCCCC=CCC1OC1CC=CCC=CCCC(O)C(=O)O. The zero-order valence-corrected chi connectivity index (χ0v) is 14.8. The Bertz CT molecular complexity index is 425. The van der Waals surface area contributed by atoms with Gasteiger partial charge >= 0.3 is 5.97 Å². The first-order valence-corrected chi connectivity index (χ1v) is 9.16. The van der Waals surface area contributed by atoms with Crippen molar-refractivity contribution in [2.24, 2.45) is 0 Å². The number of ether oxygens (including phenoxy) is 1. The van der Waals surface area contributed by atoms with Gasteiger partial charge in [0.25, 0.3) is 0 Å². The molecule has 4 nitrogen and oxygen atoms in total. The molecule has 4 heteroatoms. The molecule has 0 aromatic rings. The van der Waals surface area contributed by atoms with Crippen LogP contribution in [0, 0.1) is 0 Å². The number of carboxylic acid groups (broad SMARTS) is 1. The van der Waals surface area contributed by atoms with E-state index in [0.29, 0.717) is 18.6 Å². The Hall–Kier alpha value is -1.39. The number of hydrogen-bond acceptors (Lipinski definition) is 3. The third-order valence-corrected chi connectivity index (χ3v) is 4.06. The maximum Gasteiger partial charge on any atom is 0.332 e. The van der Waals surface area contributed by atoms with Gasteiger partial charge in [-0.25, -0.2) is 4.79 Å². The summed E-state index contributed by atoms with van der Waals surface area (Å²) in [5.41, 5.74) is 0. The van der Waals surface area contributed by atoms with Crippen LogP contribution in [0.25, 0.3) is 0 Å². The van der Waals surface area contributed by atoms with Crippen molar-refractivity contribution in [3.8, 4) is 0 Å². The van der Waals surface area contributed by atoms with Crippen molar-refractivity contribution in [1.29, 1.82) is 0 Å². The quantitative estimate of drug-likeness (QED) is 0.280. The van der Waals surface area contributed by atoms with Gasteiger partial charge in [-0.1, -0.05) is 56.2 Å². The summed E-state index contributed by atoms with van der Waals surface area (Å²) in [4.78, 5) is 10.4. The second kappa shape index (κ2) is 13.0. The lowest BCUT2D eigenvalue weighted by atomic mass is 10.1. The van der Waals surface area contributed by atoms with E-state index in [1.54, 1.807) is 0 Å². The van der Waals surface area contributed by atoms with Crippen molar-refractivity contribution in [1.82, 2.24) is 0 Å². The molecule has 1 aliphatic rings. The molecular formula is C20H32O4. The smallest absolute Gasteiger partial charge is 0.332 e. The van der Waals surface area contributed by atoms with Crippen LogP contribution >= 0.6 is 0 Å². The first-order chi connectivity index (χ1) is 11.6.